The molecule has 2 aliphatic heterocycles. The van der Waals surface area contributed by atoms with Gasteiger partial charge in [-0.2, -0.15) is 0 Å². The van der Waals surface area contributed by atoms with Crippen LogP contribution in [0.2, 0.25) is 0 Å². The highest BCUT2D eigenvalue weighted by molar-refractivity contribution is 5.83. The zero-order valence-corrected chi connectivity index (χ0v) is 12.4. The molecular formula is C14H22N2O5. The first-order valence-electron chi connectivity index (χ1n) is 7.28. The van der Waals surface area contributed by atoms with Gasteiger partial charge in [0.1, 0.15) is 6.10 Å². The number of piperidine rings is 1. The summed E-state index contributed by atoms with van der Waals surface area (Å²) in [6, 6.07) is 0. The van der Waals surface area contributed by atoms with Crippen LogP contribution in [0, 0.1) is 5.92 Å². The summed E-state index contributed by atoms with van der Waals surface area (Å²) < 4.78 is 5.28. The van der Waals surface area contributed by atoms with Crippen molar-refractivity contribution in [2.24, 2.45) is 5.92 Å². The van der Waals surface area contributed by atoms with Crippen LogP contribution in [0.3, 0.4) is 0 Å². The fraction of sp³-hybridized carbons (Fsp3) is 0.786. The van der Waals surface area contributed by atoms with E-state index in [1.165, 1.54) is 0 Å². The molecule has 118 valence electrons. The topological polar surface area (TPSA) is 87.2 Å². The number of nitrogens with zero attached hydrogens (tertiary/aromatic N) is 2. The van der Waals surface area contributed by atoms with Gasteiger partial charge in [-0.15, -0.1) is 0 Å². The Hall–Kier alpha value is -1.63. The van der Waals surface area contributed by atoms with E-state index >= 15 is 0 Å². The molecule has 2 fully saturated rings. The van der Waals surface area contributed by atoms with Gasteiger partial charge in [0.15, 0.2) is 6.10 Å². The normalized spacial score (nSPS) is 26.7. The van der Waals surface area contributed by atoms with Crippen LogP contribution in [0.4, 0.5) is 0 Å². The minimum absolute atomic E-state index is 0.0275. The second-order valence-electron chi connectivity index (χ2n) is 5.86. The largest absolute Gasteiger partial charge is 0.479 e. The molecule has 0 unspecified atom stereocenters. The van der Waals surface area contributed by atoms with Crippen molar-refractivity contribution in [1.82, 2.24) is 9.80 Å². The van der Waals surface area contributed by atoms with E-state index < -0.39 is 18.2 Å². The van der Waals surface area contributed by atoms with Crippen molar-refractivity contribution in [3.8, 4) is 0 Å². The monoisotopic (exact) mass is 298 g/mol. The molecule has 0 aromatic carbocycles. The maximum atomic E-state index is 12.3. The lowest BCUT2D eigenvalue weighted by molar-refractivity contribution is -0.156. The summed E-state index contributed by atoms with van der Waals surface area (Å²) in [7, 11) is 3.47. The Morgan fingerprint density at radius 2 is 1.62 bits per heavy atom. The van der Waals surface area contributed by atoms with Crippen LogP contribution in [-0.4, -0.2) is 72.1 Å². The number of rotatable bonds is 3. The molecule has 0 saturated carbocycles. The minimum Gasteiger partial charge on any atom is -0.479 e. The van der Waals surface area contributed by atoms with Crippen LogP contribution < -0.4 is 0 Å². The molecule has 7 nitrogen and oxygen atoms in total. The fourth-order valence-corrected chi connectivity index (χ4v) is 2.92. The summed E-state index contributed by atoms with van der Waals surface area (Å²) >= 11 is 0. The zero-order valence-electron chi connectivity index (χ0n) is 12.4. The number of carbonyl (C=O) groups excluding carboxylic acids is 2. The first-order chi connectivity index (χ1) is 9.90. The fourth-order valence-electron chi connectivity index (χ4n) is 2.92. The van der Waals surface area contributed by atoms with Crippen LogP contribution in [0.1, 0.15) is 25.7 Å². The molecule has 7 heteroatoms. The molecule has 2 heterocycles. The average Bonchev–Trinajstić information content (AvgIpc) is 2.96. The van der Waals surface area contributed by atoms with Crippen LogP contribution in [0.5, 0.6) is 0 Å². The van der Waals surface area contributed by atoms with Gasteiger partial charge in [0, 0.05) is 33.1 Å². The average molecular weight is 298 g/mol. The van der Waals surface area contributed by atoms with Gasteiger partial charge in [0.25, 0.3) is 5.91 Å². The number of ether oxygens (including phenoxy) is 1. The Morgan fingerprint density at radius 1 is 1.05 bits per heavy atom. The molecule has 0 aromatic heterocycles. The Bertz CT molecular complexity index is 429. The second kappa shape index (κ2) is 6.43. The van der Waals surface area contributed by atoms with Gasteiger partial charge < -0.3 is 19.6 Å². The SMILES string of the molecule is CN(C)C(=O)C1CCN(C(=O)[C@@H]2CC[C@H](C(=O)O)O2)CC1. The van der Waals surface area contributed by atoms with E-state index in [0.717, 1.165) is 0 Å². The number of hydrogen-bond donors (Lipinski definition) is 1. The Labute approximate surface area is 123 Å². The molecule has 2 amide bonds. The van der Waals surface area contributed by atoms with E-state index in [0.29, 0.717) is 38.8 Å². The first-order valence-corrected chi connectivity index (χ1v) is 7.28. The number of carboxylic acids is 1. The Morgan fingerprint density at radius 3 is 2.10 bits per heavy atom. The van der Waals surface area contributed by atoms with Crippen LogP contribution in [0.15, 0.2) is 0 Å². The first kappa shape index (κ1) is 15.8. The number of carboxylic acid groups (broad SMARTS) is 1. The van der Waals surface area contributed by atoms with E-state index in [4.69, 9.17) is 9.84 Å². The van der Waals surface area contributed by atoms with Crippen LogP contribution in [-0.2, 0) is 19.1 Å². The molecule has 21 heavy (non-hydrogen) atoms. The van der Waals surface area contributed by atoms with Crippen molar-refractivity contribution in [3.05, 3.63) is 0 Å². The number of carbonyl (C=O) groups is 3. The molecule has 0 spiro atoms. The lowest BCUT2D eigenvalue weighted by Gasteiger charge is -2.33. The van der Waals surface area contributed by atoms with Gasteiger partial charge in [0.2, 0.25) is 5.91 Å². The predicted molar refractivity (Wildman–Crippen MR) is 73.5 cm³/mol. The molecule has 2 saturated heterocycles. The third kappa shape index (κ3) is 3.53. The van der Waals surface area contributed by atoms with Crippen molar-refractivity contribution < 1.29 is 24.2 Å². The Balaban J connectivity index is 1.84. The summed E-state index contributed by atoms with van der Waals surface area (Å²) in [4.78, 5) is 38.3. The van der Waals surface area contributed by atoms with Crippen molar-refractivity contribution in [2.75, 3.05) is 27.2 Å². The second-order valence-corrected chi connectivity index (χ2v) is 5.86. The molecule has 1 N–H and O–H groups in total. The predicted octanol–water partition coefficient (Wildman–Crippen LogP) is -0.0546. The molecule has 2 atom stereocenters. The van der Waals surface area contributed by atoms with E-state index in [-0.39, 0.29) is 17.7 Å². The van der Waals surface area contributed by atoms with Crippen molar-refractivity contribution in [1.29, 1.82) is 0 Å². The van der Waals surface area contributed by atoms with E-state index in [1.54, 1.807) is 23.9 Å². The molecule has 2 aliphatic rings. The summed E-state index contributed by atoms with van der Waals surface area (Å²) in [5.41, 5.74) is 0. The van der Waals surface area contributed by atoms with Gasteiger partial charge in [-0.05, 0) is 25.7 Å². The highest BCUT2D eigenvalue weighted by Crippen LogP contribution is 2.25. The summed E-state index contributed by atoms with van der Waals surface area (Å²) in [5.74, 6) is -1.08. The highest BCUT2D eigenvalue weighted by Gasteiger charge is 2.38. The maximum absolute atomic E-state index is 12.3. The number of hydrogen-bond acceptors (Lipinski definition) is 4. The maximum Gasteiger partial charge on any atom is 0.332 e. The molecular weight excluding hydrogens is 276 g/mol. The summed E-state index contributed by atoms with van der Waals surface area (Å²) in [6.45, 7) is 1.06. The van der Waals surface area contributed by atoms with Crippen LogP contribution in [0.25, 0.3) is 0 Å². The number of aliphatic carboxylic acids is 1. The molecule has 2 rings (SSSR count). The molecule has 0 radical (unpaired) electrons. The van der Waals surface area contributed by atoms with Gasteiger partial charge in [0.05, 0.1) is 0 Å². The van der Waals surface area contributed by atoms with E-state index in [1.807, 2.05) is 0 Å². The van der Waals surface area contributed by atoms with Crippen molar-refractivity contribution in [3.63, 3.8) is 0 Å². The zero-order chi connectivity index (χ0) is 15.6. The Kier molecular flexibility index (Phi) is 4.82. The van der Waals surface area contributed by atoms with E-state index in [9.17, 15) is 14.4 Å². The smallest absolute Gasteiger partial charge is 0.332 e. The van der Waals surface area contributed by atoms with Gasteiger partial charge in [-0.3, -0.25) is 9.59 Å². The number of amides is 2. The third-order valence-electron chi connectivity index (χ3n) is 4.17. The van der Waals surface area contributed by atoms with Gasteiger partial charge in [-0.1, -0.05) is 0 Å². The standard InChI is InChI=1S/C14H22N2O5/c1-15(2)12(17)9-5-7-16(8-6-9)13(18)10-3-4-11(21-10)14(19)20/h9-11H,3-8H2,1-2H3,(H,19,20)/t10-,11+/m0/s1. The molecule has 0 bridgehead atoms. The van der Waals surface area contributed by atoms with E-state index in [2.05, 4.69) is 0 Å². The van der Waals surface area contributed by atoms with Gasteiger partial charge in [-0.25, -0.2) is 4.79 Å². The lowest BCUT2D eigenvalue weighted by atomic mass is 9.95. The van der Waals surface area contributed by atoms with Crippen LogP contribution >= 0.6 is 0 Å². The van der Waals surface area contributed by atoms with Crippen molar-refractivity contribution in [2.45, 2.75) is 37.9 Å². The molecule has 0 aromatic rings. The summed E-state index contributed by atoms with van der Waals surface area (Å²) in [6.07, 6.45) is 0.614. The summed E-state index contributed by atoms with van der Waals surface area (Å²) in [5, 5.41) is 8.88. The quantitative estimate of drug-likeness (QED) is 0.789. The number of likely N-dealkylation sites (tertiary alicyclic amines) is 1. The van der Waals surface area contributed by atoms with Gasteiger partial charge >= 0.3 is 5.97 Å². The highest BCUT2D eigenvalue weighted by atomic mass is 16.5. The third-order valence-corrected chi connectivity index (χ3v) is 4.17. The lowest BCUT2D eigenvalue weighted by Crippen LogP contribution is -2.46. The molecule has 0 aliphatic carbocycles. The minimum atomic E-state index is -1.01. The van der Waals surface area contributed by atoms with Crippen molar-refractivity contribution >= 4 is 17.8 Å².